The van der Waals surface area contributed by atoms with Gasteiger partial charge in [0.25, 0.3) is 0 Å². The fourth-order valence-electron chi connectivity index (χ4n) is 1.32. The van der Waals surface area contributed by atoms with Gasteiger partial charge in [-0.3, -0.25) is 0 Å². The molecule has 0 aliphatic heterocycles. The zero-order chi connectivity index (χ0) is 12.1. The molecule has 0 radical (unpaired) electrons. The van der Waals surface area contributed by atoms with Crippen LogP contribution in [0.5, 0.6) is 0 Å². The number of nitrogens with zero attached hydrogens (tertiary/aromatic N) is 3. The molecular formula is C10H13N5O2. The third-order valence-electron chi connectivity index (χ3n) is 2.10. The first-order valence-electron chi connectivity index (χ1n) is 5.13. The second-order valence-electron chi connectivity index (χ2n) is 3.35. The number of carbonyl (C=O) groups is 1. The van der Waals surface area contributed by atoms with Gasteiger partial charge in [-0.2, -0.15) is 5.10 Å². The van der Waals surface area contributed by atoms with Crippen molar-refractivity contribution in [2.24, 2.45) is 0 Å². The van der Waals surface area contributed by atoms with Gasteiger partial charge >= 0.3 is 6.03 Å². The number of aromatic nitrogens is 3. The molecule has 2 rings (SSSR count). The Morgan fingerprint density at radius 3 is 3.29 bits per heavy atom. The molecule has 7 heteroatoms. The van der Waals surface area contributed by atoms with Crippen molar-refractivity contribution in [1.82, 2.24) is 19.9 Å². The average molecular weight is 235 g/mol. The van der Waals surface area contributed by atoms with E-state index in [0.29, 0.717) is 24.5 Å². The van der Waals surface area contributed by atoms with Crippen molar-refractivity contribution < 1.29 is 9.53 Å². The summed E-state index contributed by atoms with van der Waals surface area (Å²) in [7, 11) is 1.58. The van der Waals surface area contributed by atoms with Crippen LogP contribution in [0.4, 0.5) is 10.5 Å². The van der Waals surface area contributed by atoms with Crippen molar-refractivity contribution in [3.05, 3.63) is 24.7 Å². The molecule has 90 valence electrons. The SMILES string of the molecule is COCCNC(=O)Nc1cnn2ccnc2c1. The Kier molecular flexibility index (Phi) is 3.51. The number of rotatable bonds is 4. The van der Waals surface area contributed by atoms with Gasteiger partial charge in [0.05, 0.1) is 18.5 Å². The minimum absolute atomic E-state index is 0.292. The van der Waals surface area contributed by atoms with E-state index in [1.807, 2.05) is 0 Å². The summed E-state index contributed by atoms with van der Waals surface area (Å²) < 4.78 is 6.44. The summed E-state index contributed by atoms with van der Waals surface area (Å²) in [4.78, 5) is 15.5. The first-order chi connectivity index (χ1) is 8.29. The van der Waals surface area contributed by atoms with Crippen LogP contribution in [0.2, 0.25) is 0 Å². The molecule has 2 heterocycles. The Hall–Kier alpha value is -2.15. The number of carbonyl (C=O) groups excluding carboxylic acids is 1. The zero-order valence-electron chi connectivity index (χ0n) is 9.38. The van der Waals surface area contributed by atoms with Crippen molar-refractivity contribution in [3.8, 4) is 0 Å². The number of hydrogen-bond donors (Lipinski definition) is 2. The Labute approximate surface area is 97.8 Å². The van der Waals surface area contributed by atoms with Crippen LogP contribution in [0, 0.1) is 0 Å². The van der Waals surface area contributed by atoms with E-state index in [4.69, 9.17) is 4.74 Å². The third-order valence-corrected chi connectivity index (χ3v) is 2.10. The lowest BCUT2D eigenvalue weighted by Gasteiger charge is -2.06. The number of methoxy groups -OCH3 is 1. The van der Waals surface area contributed by atoms with E-state index < -0.39 is 0 Å². The average Bonchev–Trinajstić information content (AvgIpc) is 2.76. The summed E-state index contributed by atoms with van der Waals surface area (Å²) in [6.07, 6.45) is 4.94. The maximum absolute atomic E-state index is 11.4. The molecule has 0 spiro atoms. The lowest BCUT2D eigenvalue weighted by molar-refractivity contribution is 0.198. The summed E-state index contributed by atoms with van der Waals surface area (Å²) in [6.45, 7) is 0.937. The molecule has 2 N–H and O–H groups in total. The monoisotopic (exact) mass is 235 g/mol. The van der Waals surface area contributed by atoms with Crippen molar-refractivity contribution in [3.63, 3.8) is 0 Å². The minimum atomic E-state index is -0.292. The number of imidazole rings is 1. The van der Waals surface area contributed by atoms with Gasteiger partial charge in [0.15, 0.2) is 5.65 Å². The predicted octanol–water partition coefficient (Wildman–Crippen LogP) is 0.497. The molecule has 0 atom stereocenters. The van der Waals surface area contributed by atoms with Crippen LogP contribution in [0.1, 0.15) is 0 Å². The second-order valence-corrected chi connectivity index (χ2v) is 3.35. The summed E-state index contributed by atoms with van der Waals surface area (Å²) in [5.74, 6) is 0. The summed E-state index contributed by atoms with van der Waals surface area (Å²) in [5.41, 5.74) is 1.28. The van der Waals surface area contributed by atoms with Crippen LogP contribution in [0.15, 0.2) is 24.7 Å². The fraction of sp³-hybridized carbons (Fsp3) is 0.300. The molecule has 0 saturated heterocycles. The quantitative estimate of drug-likeness (QED) is 0.756. The van der Waals surface area contributed by atoms with Crippen LogP contribution >= 0.6 is 0 Å². The van der Waals surface area contributed by atoms with Gasteiger partial charge in [0, 0.05) is 32.1 Å². The van der Waals surface area contributed by atoms with E-state index >= 15 is 0 Å². The van der Waals surface area contributed by atoms with Crippen LogP contribution in [0.25, 0.3) is 5.65 Å². The molecule has 2 aromatic rings. The van der Waals surface area contributed by atoms with Gasteiger partial charge in [-0.25, -0.2) is 14.3 Å². The molecule has 17 heavy (non-hydrogen) atoms. The molecule has 0 bridgehead atoms. The number of nitrogens with one attached hydrogen (secondary N) is 2. The molecule has 2 amide bonds. The molecule has 0 aliphatic rings. The summed E-state index contributed by atoms with van der Waals surface area (Å²) in [5, 5.41) is 9.38. The number of amides is 2. The maximum Gasteiger partial charge on any atom is 0.319 e. The van der Waals surface area contributed by atoms with Gasteiger partial charge in [0.2, 0.25) is 0 Å². The molecule has 0 saturated carbocycles. The second kappa shape index (κ2) is 5.26. The highest BCUT2D eigenvalue weighted by Crippen LogP contribution is 2.07. The van der Waals surface area contributed by atoms with Gasteiger partial charge < -0.3 is 15.4 Å². The Morgan fingerprint density at radius 1 is 1.59 bits per heavy atom. The van der Waals surface area contributed by atoms with E-state index in [1.165, 1.54) is 0 Å². The molecule has 0 unspecified atom stereocenters. The van der Waals surface area contributed by atoms with Gasteiger partial charge in [-0.05, 0) is 0 Å². The summed E-state index contributed by atoms with van der Waals surface area (Å²) in [6, 6.07) is 1.45. The van der Waals surface area contributed by atoms with Crippen molar-refractivity contribution in [2.45, 2.75) is 0 Å². The number of hydrogen-bond acceptors (Lipinski definition) is 4. The van der Waals surface area contributed by atoms with Crippen LogP contribution in [0.3, 0.4) is 0 Å². The Balaban J connectivity index is 1.95. The van der Waals surface area contributed by atoms with Gasteiger partial charge in [-0.1, -0.05) is 0 Å². The normalized spacial score (nSPS) is 10.4. The Bertz CT molecular complexity index is 510. The number of anilines is 1. The topological polar surface area (TPSA) is 80.5 Å². The highest BCUT2D eigenvalue weighted by molar-refractivity contribution is 5.89. The highest BCUT2D eigenvalue weighted by atomic mass is 16.5. The highest BCUT2D eigenvalue weighted by Gasteiger charge is 2.02. The van der Waals surface area contributed by atoms with Gasteiger partial charge in [0.1, 0.15) is 0 Å². The number of ether oxygens (including phenoxy) is 1. The van der Waals surface area contributed by atoms with Crippen molar-refractivity contribution in [2.75, 3.05) is 25.6 Å². The van der Waals surface area contributed by atoms with E-state index in [1.54, 1.807) is 36.3 Å². The van der Waals surface area contributed by atoms with Crippen LogP contribution < -0.4 is 10.6 Å². The minimum Gasteiger partial charge on any atom is -0.383 e. The van der Waals surface area contributed by atoms with Crippen molar-refractivity contribution >= 4 is 17.4 Å². The van der Waals surface area contributed by atoms with E-state index in [9.17, 15) is 4.79 Å². The van der Waals surface area contributed by atoms with E-state index in [-0.39, 0.29) is 6.03 Å². The smallest absolute Gasteiger partial charge is 0.319 e. The first-order valence-corrected chi connectivity index (χ1v) is 5.13. The summed E-state index contributed by atoms with van der Waals surface area (Å²) >= 11 is 0. The fourth-order valence-corrected chi connectivity index (χ4v) is 1.32. The maximum atomic E-state index is 11.4. The number of urea groups is 1. The molecule has 0 aromatic carbocycles. The standard InChI is InChI=1S/C10H13N5O2/c1-17-5-3-12-10(16)14-8-6-9-11-2-4-15(9)13-7-8/h2,4,6-7H,3,5H2,1H3,(H2,12,14,16). The number of fused-ring (bicyclic) bond motifs is 1. The Morgan fingerprint density at radius 2 is 2.47 bits per heavy atom. The molecule has 2 aromatic heterocycles. The van der Waals surface area contributed by atoms with E-state index in [0.717, 1.165) is 0 Å². The molecule has 7 nitrogen and oxygen atoms in total. The molecule has 0 aliphatic carbocycles. The predicted molar refractivity (Wildman–Crippen MR) is 61.9 cm³/mol. The molecule has 0 fully saturated rings. The largest absolute Gasteiger partial charge is 0.383 e. The van der Waals surface area contributed by atoms with Gasteiger partial charge in [-0.15, -0.1) is 0 Å². The lowest BCUT2D eigenvalue weighted by atomic mass is 10.4. The van der Waals surface area contributed by atoms with E-state index in [2.05, 4.69) is 20.7 Å². The van der Waals surface area contributed by atoms with Crippen molar-refractivity contribution in [1.29, 1.82) is 0 Å². The first kappa shape index (κ1) is 11.3. The van der Waals surface area contributed by atoms with Crippen LogP contribution in [-0.4, -0.2) is 40.9 Å². The molecular weight excluding hydrogens is 222 g/mol. The zero-order valence-corrected chi connectivity index (χ0v) is 9.38. The lowest BCUT2D eigenvalue weighted by Crippen LogP contribution is -2.31. The van der Waals surface area contributed by atoms with Crippen LogP contribution in [-0.2, 0) is 4.74 Å². The third kappa shape index (κ3) is 2.91.